The van der Waals surface area contributed by atoms with Crippen LogP contribution in [0.3, 0.4) is 0 Å². The molecule has 1 amide bonds. The maximum atomic E-state index is 13.5. The minimum atomic E-state index is -3.69. The zero-order valence-corrected chi connectivity index (χ0v) is 28.6. The molecule has 2 aromatic carbocycles. The van der Waals surface area contributed by atoms with Crippen LogP contribution in [0.1, 0.15) is 55.7 Å². The fraction of sp³-hybridized carbons (Fsp3) is 0.629. The Morgan fingerprint density at radius 2 is 1.64 bits per heavy atom. The lowest BCUT2D eigenvalue weighted by atomic mass is 9.72. The Balaban J connectivity index is 1.11. The van der Waals surface area contributed by atoms with E-state index >= 15 is 0 Å². The van der Waals surface area contributed by atoms with Crippen LogP contribution in [0, 0.1) is 19.8 Å². The highest BCUT2D eigenvalue weighted by molar-refractivity contribution is 7.89. The molecule has 248 valence electrons. The molecule has 0 aromatic heterocycles. The van der Waals surface area contributed by atoms with Crippen molar-refractivity contribution in [2.45, 2.75) is 81.9 Å². The molecule has 2 unspecified atom stereocenters. The van der Waals surface area contributed by atoms with Crippen molar-refractivity contribution in [1.29, 1.82) is 0 Å². The van der Waals surface area contributed by atoms with Crippen molar-refractivity contribution in [3.63, 3.8) is 0 Å². The molecule has 2 saturated heterocycles. The summed E-state index contributed by atoms with van der Waals surface area (Å²) in [4.78, 5) is 18.6. The molecule has 3 fully saturated rings. The number of methoxy groups -OCH3 is 1. The largest absolute Gasteiger partial charge is 0.497 e. The van der Waals surface area contributed by atoms with Gasteiger partial charge in [-0.3, -0.25) is 9.69 Å². The van der Waals surface area contributed by atoms with Gasteiger partial charge in [0.15, 0.2) is 0 Å². The fourth-order valence-electron chi connectivity index (χ4n) is 7.61. The molecule has 9 nitrogen and oxygen atoms in total. The Hall–Kier alpha value is -2.50. The molecule has 5 rings (SSSR count). The highest BCUT2D eigenvalue weighted by Gasteiger charge is 2.41. The van der Waals surface area contributed by atoms with E-state index in [0.29, 0.717) is 47.2 Å². The monoisotopic (exact) mass is 640 g/mol. The number of ether oxygens (including phenoxy) is 2. The average Bonchev–Trinajstić information content (AvgIpc) is 3.50. The number of nitrogens with zero attached hydrogens (tertiary/aromatic N) is 3. The Morgan fingerprint density at radius 3 is 2.27 bits per heavy atom. The van der Waals surface area contributed by atoms with Crippen molar-refractivity contribution in [2.75, 3.05) is 60.0 Å². The number of aryl methyl sites for hydroxylation is 2. The van der Waals surface area contributed by atoms with E-state index in [-0.39, 0.29) is 24.1 Å². The number of hydrogen-bond donors (Lipinski definition) is 1. The predicted octanol–water partition coefficient (Wildman–Crippen LogP) is 4.02. The van der Waals surface area contributed by atoms with Gasteiger partial charge in [-0.2, -0.15) is 4.31 Å². The second-order valence-electron chi connectivity index (χ2n) is 13.5. The topological polar surface area (TPSA) is 91.4 Å². The van der Waals surface area contributed by atoms with Crippen LogP contribution >= 0.6 is 0 Å². The Kier molecular flexibility index (Phi) is 10.9. The van der Waals surface area contributed by atoms with Gasteiger partial charge in [0.25, 0.3) is 0 Å². The van der Waals surface area contributed by atoms with Crippen molar-refractivity contribution in [3.8, 4) is 5.75 Å². The molecular formula is C35H52N4O5S. The van der Waals surface area contributed by atoms with E-state index in [1.807, 2.05) is 0 Å². The number of nitrogens with one attached hydrogen (secondary N) is 1. The van der Waals surface area contributed by atoms with Crippen LogP contribution in [0.4, 0.5) is 0 Å². The lowest BCUT2D eigenvalue weighted by Crippen LogP contribution is -2.59. The molecule has 2 aliphatic heterocycles. The zero-order chi connectivity index (χ0) is 32.2. The van der Waals surface area contributed by atoms with Gasteiger partial charge >= 0.3 is 0 Å². The first kappa shape index (κ1) is 33.9. The van der Waals surface area contributed by atoms with Crippen molar-refractivity contribution >= 4 is 15.9 Å². The first-order chi connectivity index (χ1) is 21.5. The maximum Gasteiger partial charge on any atom is 0.248 e. The van der Waals surface area contributed by atoms with E-state index in [1.165, 1.54) is 9.87 Å². The zero-order valence-electron chi connectivity index (χ0n) is 27.8. The van der Waals surface area contributed by atoms with Crippen molar-refractivity contribution in [2.24, 2.45) is 5.92 Å². The lowest BCUT2D eigenvalue weighted by Gasteiger charge is -2.51. The summed E-state index contributed by atoms with van der Waals surface area (Å²) in [6, 6.07) is 14.4. The summed E-state index contributed by atoms with van der Waals surface area (Å²) >= 11 is 0. The fourth-order valence-corrected chi connectivity index (χ4v) is 9.51. The van der Waals surface area contributed by atoms with Crippen LogP contribution < -0.4 is 10.1 Å². The van der Waals surface area contributed by atoms with Gasteiger partial charge in [0.2, 0.25) is 15.9 Å². The summed E-state index contributed by atoms with van der Waals surface area (Å²) in [6.45, 7) is 11.1. The minimum Gasteiger partial charge on any atom is -0.497 e. The molecule has 0 spiro atoms. The van der Waals surface area contributed by atoms with Gasteiger partial charge in [-0.05, 0) is 101 Å². The molecule has 10 heteroatoms. The summed E-state index contributed by atoms with van der Waals surface area (Å²) < 4.78 is 39.9. The number of hydrogen-bond acceptors (Lipinski definition) is 7. The summed E-state index contributed by atoms with van der Waals surface area (Å²) in [5.41, 5.74) is 2.90. The number of likely N-dealkylation sites (N-methyl/N-ethyl adjacent to an activating group) is 1. The number of carbonyl (C=O) groups is 1. The van der Waals surface area contributed by atoms with E-state index in [2.05, 4.69) is 52.5 Å². The molecule has 45 heavy (non-hydrogen) atoms. The molecule has 1 saturated carbocycles. The number of amides is 1. The summed E-state index contributed by atoms with van der Waals surface area (Å²) in [5, 5.41) is 3.15. The Bertz CT molecular complexity index is 1380. The van der Waals surface area contributed by atoms with Crippen molar-refractivity contribution in [3.05, 3.63) is 59.2 Å². The molecule has 2 aromatic rings. The van der Waals surface area contributed by atoms with Crippen LogP contribution in [-0.2, 0) is 26.0 Å². The first-order valence-corrected chi connectivity index (χ1v) is 18.0. The van der Waals surface area contributed by atoms with E-state index in [4.69, 9.17) is 9.47 Å². The molecule has 1 N–H and O–H groups in total. The number of benzene rings is 2. The standard InChI is InChI=1S/C35H52N4O5S/c1-26-21-32(43-5)22-27(2)33(26)45(41,42)39-16-13-31(25-39)44-28(3)34(40)36-24-30-11-14-35(15-12-30,23-29-9-7-6-8-10-29)38-19-17-37(4)18-20-38/h6-10,21-22,28,30-31H,11-20,23-25H2,1-5H3,(H,36,40). The Morgan fingerprint density at radius 1 is 1.00 bits per heavy atom. The molecule has 0 bridgehead atoms. The van der Waals surface area contributed by atoms with Gasteiger partial charge < -0.3 is 19.7 Å². The van der Waals surface area contributed by atoms with Crippen LogP contribution in [-0.4, -0.2) is 106 Å². The molecule has 3 aliphatic rings. The molecular weight excluding hydrogens is 588 g/mol. The van der Waals surface area contributed by atoms with Gasteiger partial charge in [-0.1, -0.05) is 30.3 Å². The third-order valence-electron chi connectivity index (χ3n) is 10.3. The van der Waals surface area contributed by atoms with Crippen molar-refractivity contribution in [1.82, 2.24) is 19.4 Å². The lowest BCUT2D eigenvalue weighted by molar-refractivity contribution is -0.135. The third-order valence-corrected chi connectivity index (χ3v) is 12.5. The SMILES string of the molecule is COc1cc(C)c(S(=O)(=O)N2CCC(OC(C)C(=O)NCC3CCC(Cc4ccccc4)(N4CCN(C)CC4)CC3)C2)c(C)c1. The molecule has 2 atom stereocenters. The van der Waals surface area contributed by atoms with Gasteiger partial charge in [-0.25, -0.2) is 8.42 Å². The van der Waals surface area contributed by atoms with Crippen molar-refractivity contribution < 1.29 is 22.7 Å². The highest BCUT2D eigenvalue weighted by Crippen LogP contribution is 2.39. The van der Waals surface area contributed by atoms with Gasteiger partial charge in [-0.15, -0.1) is 0 Å². The molecule has 1 aliphatic carbocycles. The summed E-state index contributed by atoms with van der Waals surface area (Å²) in [6.07, 6.45) is 5.12. The minimum absolute atomic E-state index is 0.127. The van der Waals surface area contributed by atoms with Gasteiger partial charge in [0, 0.05) is 51.4 Å². The third kappa shape index (κ3) is 7.91. The van der Waals surface area contributed by atoms with Crippen LogP contribution in [0.2, 0.25) is 0 Å². The summed E-state index contributed by atoms with van der Waals surface area (Å²) in [5.74, 6) is 0.958. The molecule has 0 radical (unpaired) electrons. The maximum absolute atomic E-state index is 13.5. The van der Waals surface area contributed by atoms with Crippen LogP contribution in [0.15, 0.2) is 47.4 Å². The van der Waals surface area contributed by atoms with E-state index in [0.717, 1.165) is 58.3 Å². The second-order valence-corrected chi connectivity index (χ2v) is 15.4. The summed E-state index contributed by atoms with van der Waals surface area (Å²) in [7, 11) is 0.0945. The van der Waals surface area contributed by atoms with E-state index in [1.54, 1.807) is 40.0 Å². The van der Waals surface area contributed by atoms with Gasteiger partial charge in [0.05, 0.1) is 18.1 Å². The average molecular weight is 641 g/mol. The smallest absolute Gasteiger partial charge is 0.248 e. The predicted molar refractivity (Wildman–Crippen MR) is 177 cm³/mol. The van der Waals surface area contributed by atoms with E-state index in [9.17, 15) is 13.2 Å². The first-order valence-electron chi connectivity index (χ1n) is 16.6. The second kappa shape index (κ2) is 14.5. The molecule has 2 heterocycles. The number of rotatable bonds is 11. The normalized spacial score (nSPS) is 26.1. The number of sulfonamides is 1. The Labute approximate surface area is 270 Å². The van der Waals surface area contributed by atoms with Crippen LogP contribution in [0.5, 0.6) is 5.75 Å². The number of piperazine rings is 1. The van der Waals surface area contributed by atoms with E-state index < -0.39 is 16.1 Å². The van der Waals surface area contributed by atoms with Gasteiger partial charge in [0.1, 0.15) is 11.9 Å². The number of carbonyl (C=O) groups excluding carboxylic acids is 1. The van der Waals surface area contributed by atoms with Crippen LogP contribution in [0.25, 0.3) is 0 Å². The quantitative estimate of drug-likeness (QED) is 0.397. The highest BCUT2D eigenvalue weighted by atomic mass is 32.2.